The van der Waals surface area contributed by atoms with Gasteiger partial charge in [-0.3, -0.25) is 4.79 Å². The van der Waals surface area contributed by atoms with Crippen LogP contribution in [0.5, 0.6) is 0 Å². The Hall–Kier alpha value is -2.59. The van der Waals surface area contributed by atoms with Crippen molar-refractivity contribution >= 4 is 17.2 Å². The van der Waals surface area contributed by atoms with Gasteiger partial charge in [0.25, 0.3) is 0 Å². The molecule has 25 heavy (non-hydrogen) atoms. The van der Waals surface area contributed by atoms with Crippen LogP contribution in [0.2, 0.25) is 0 Å². The number of carbonyl (C=O) groups excluding carboxylic acids is 1. The van der Waals surface area contributed by atoms with Gasteiger partial charge in [-0.2, -0.15) is 0 Å². The van der Waals surface area contributed by atoms with Crippen LogP contribution in [0.1, 0.15) is 36.5 Å². The lowest BCUT2D eigenvalue weighted by Crippen LogP contribution is -2.44. The molecule has 2 aromatic rings. The first kappa shape index (κ1) is 15.9. The Morgan fingerprint density at radius 2 is 1.92 bits per heavy atom. The van der Waals surface area contributed by atoms with Crippen LogP contribution in [0.25, 0.3) is 5.76 Å². The maximum atomic E-state index is 13.2. The van der Waals surface area contributed by atoms with Crippen LogP contribution >= 0.6 is 0 Å². The van der Waals surface area contributed by atoms with Crippen molar-refractivity contribution in [1.29, 1.82) is 0 Å². The molecular formula is C21H21NO3. The van der Waals surface area contributed by atoms with E-state index >= 15 is 0 Å². The summed E-state index contributed by atoms with van der Waals surface area (Å²) in [6.07, 6.45) is 1.70. The standard InChI is InChI=1S/C21H21NO3/c1-13-6-11-17-19(25-13)16-4-2-3-5-18(16)21(24,20(17)23)12-14-7-9-15(22)10-8-14/h2-5,7-10,13,24H,6,11-12,22H2,1H3/t13-,21?/m0/s1. The van der Waals surface area contributed by atoms with E-state index in [1.54, 1.807) is 12.1 Å². The van der Waals surface area contributed by atoms with Gasteiger partial charge in [-0.1, -0.05) is 36.4 Å². The van der Waals surface area contributed by atoms with Crippen molar-refractivity contribution in [3.63, 3.8) is 0 Å². The number of aliphatic hydroxyl groups is 1. The molecule has 1 heterocycles. The Balaban J connectivity index is 1.83. The monoisotopic (exact) mass is 335 g/mol. The number of nitrogen functional groups attached to an aromatic ring is 1. The van der Waals surface area contributed by atoms with Crippen LogP contribution in [0.3, 0.4) is 0 Å². The predicted octanol–water partition coefficient (Wildman–Crippen LogP) is 3.19. The molecule has 3 N–H and O–H groups in total. The number of Topliss-reactive ketones (excluding diaryl/α,β-unsaturated/α-hetero) is 1. The summed E-state index contributed by atoms with van der Waals surface area (Å²) in [6.45, 7) is 2.01. The zero-order chi connectivity index (χ0) is 17.6. The lowest BCUT2D eigenvalue weighted by molar-refractivity contribution is -0.135. The van der Waals surface area contributed by atoms with Crippen molar-refractivity contribution in [3.05, 3.63) is 70.8 Å². The van der Waals surface area contributed by atoms with E-state index in [1.807, 2.05) is 43.3 Å². The molecule has 1 aliphatic heterocycles. The van der Waals surface area contributed by atoms with Gasteiger partial charge in [-0.25, -0.2) is 0 Å². The van der Waals surface area contributed by atoms with Crippen LogP contribution < -0.4 is 5.73 Å². The normalized spacial score (nSPS) is 25.2. The van der Waals surface area contributed by atoms with Gasteiger partial charge in [-0.15, -0.1) is 0 Å². The number of nitrogens with two attached hydrogens (primary N) is 1. The number of benzene rings is 2. The van der Waals surface area contributed by atoms with Crippen molar-refractivity contribution in [2.24, 2.45) is 0 Å². The van der Waals surface area contributed by atoms with E-state index in [9.17, 15) is 9.90 Å². The van der Waals surface area contributed by atoms with Gasteiger partial charge < -0.3 is 15.6 Å². The molecule has 4 rings (SSSR count). The van der Waals surface area contributed by atoms with Crippen molar-refractivity contribution < 1.29 is 14.6 Å². The maximum Gasteiger partial charge on any atom is 0.198 e. The number of ether oxygens (including phenoxy) is 1. The van der Waals surface area contributed by atoms with E-state index in [1.165, 1.54) is 0 Å². The van der Waals surface area contributed by atoms with Gasteiger partial charge in [0, 0.05) is 28.8 Å². The minimum atomic E-state index is -1.57. The molecule has 1 aliphatic carbocycles. The second-order valence-electron chi connectivity index (χ2n) is 6.93. The third-order valence-corrected chi connectivity index (χ3v) is 5.10. The maximum absolute atomic E-state index is 13.2. The lowest BCUT2D eigenvalue weighted by atomic mass is 9.72. The first-order valence-corrected chi connectivity index (χ1v) is 8.60. The summed E-state index contributed by atoms with van der Waals surface area (Å²) in [5.74, 6) is 0.395. The number of carbonyl (C=O) groups is 1. The topological polar surface area (TPSA) is 72.6 Å². The Morgan fingerprint density at radius 1 is 1.20 bits per heavy atom. The molecule has 0 spiro atoms. The highest BCUT2D eigenvalue weighted by Gasteiger charge is 2.47. The largest absolute Gasteiger partial charge is 0.490 e. The van der Waals surface area contributed by atoms with E-state index in [2.05, 4.69) is 0 Å². The molecule has 2 aliphatic rings. The Labute approximate surface area is 146 Å². The second-order valence-corrected chi connectivity index (χ2v) is 6.93. The highest BCUT2D eigenvalue weighted by Crippen LogP contribution is 2.45. The first-order chi connectivity index (χ1) is 12.0. The van der Waals surface area contributed by atoms with Gasteiger partial charge in [0.15, 0.2) is 11.4 Å². The van der Waals surface area contributed by atoms with Crippen LogP contribution in [-0.2, 0) is 21.6 Å². The average Bonchev–Trinajstić information content (AvgIpc) is 2.62. The summed E-state index contributed by atoms with van der Waals surface area (Å²) in [4.78, 5) is 13.2. The van der Waals surface area contributed by atoms with Crippen LogP contribution in [0.4, 0.5) is 5.69 Å². The van der Waals surface area contributed by atoms with Crippen molar-refractivity contribution in [2.45, 2.75) is 37.9 Å². The van der Waals surface area contributed by atoms with E-state index in [-0.39, 0.29) is 18.3 Å². The number of hydrogen-bond acceptors (Lipinski definition) is 4. The first-order valence-electron chi connectivity index (χ1n) is 8.60. The lowest BCUT2D eigenvalue weighted by Gasteiger charge is -2.38. The fourth-order valence-electron chi connectivity index (χ4n) is 3.76. The number of rotatable bonds is 2. The zero-order valence-corrected chi connectivity index (χ0v) is 14.2. The van der Waals surface area contributed by atoms with Crippen molar-refractivity contribution in [1.82, 2.24) is 0 Å². The van der Waals surface area contributed by atoms with Gasteiger partial charge >= 0.3 is 0 Å². The third kappa shape index (κ3) is 2.53. The van der Waals surface area contributed by atoms with E-state index in [4.69, 9.17) is 10.5 Å². The van der Waals surface area contributed by atoms with Gasteiger partial charge in [0.05, 0.1) is 6.10 Å². The number of hydrogen-bond donors (Lipinski definition) is 2. The second kappa shape index (κ2) is 5.74. The molecule has 0 aromatic heterocycles. The van der Waals surface area contributed by atoms with Crippen LogP contribution in [-0.4, -0.2) is 17.0 Å². The highest BCUT2D eigenvalue weighted by molar-refractivity contribution is 6.10. The van der Waals surface area contributed by atoms with Crippen molar-refractivity contribution in [3.8, 4) is 0 Å². The van der Waals surface area contributed by atoms with E-state index in [0.29, 0.717) is 29.0 Å². The fraction of sp³-hybridized carbons (Fsp3) is 0.286. The predicted molar refractivity (Wildman–Crippen MR) is 96.6 cm³/mol. The molecule has 0 bridgehead atoms. The molecule has 128 valence electrons. The number of ketones is 1. The Morgan fingerprint density at radius 3 is 2.68 bits per heavy atom. The SMILES string of the molecule is C[C@H]1CCC2=C(O1)c1ccccc1C(O)(Cc1ccc(N)cc1)C2=O. The molecule has 0 saturated heterocycles. The Bertz CT molecular complexity index is 869. The average molecular weight is 335 g/mol. The Kier molecular flexibility index (Phi) is 3.65. The molecule has 0 radical (unpaired) electrons. The van der Waals surface area contributed by atoms with E-state index in [0.717, 1.165) is 17.5 Å². The summed E-state index contributed by atoms with van der Waals surface area (Å²) < 4.78 is 5.98. The third-order valence-electron chi connectivity index (χ3n) is 5.10. The molecule has 0 amide bonds. The van der Waals surface area contributed by atoms with Gasteiger partial charge in [0.1, 0.15) is 5.76 Å². The molecule has 2 atom stereocenters. The van der Waals surface area contributed by atoms with Crippen molar-refractivity contribution in [2.75, 3.05) is 5.73 Å². The quantitative estimate of drug-likeness (QED) is 0.827. The minimum absolute atomic E-state index is 0.0721. The summed E-state index contributed by atoms with van der Waals surface area (Å²) in [7, 11) is 0. The summed E-state index contributed by atoms with van der Waals surface area (Å²) in [6, 6.07) is 14.8. The minimum Gasteiger partial charge on any atom is -0.490 e. The highest BCUT2D eigenvalue weighted by atomic mass is 16.5. The van der Waals surface area contributed by atoms with Crippen LogP contribution in [0.15, 0.2) is 54.1 Å². The molecule has 2 aromatic carbocycles. The summed E-state index contributed by atoms with van der Waals surface area (Å²) in [5, 5.41) is 11.4. The molecule has 4 nitrogen and oxygen atoms in total. The number of fused-ring (bicyclic) bond motifs is 2. The van der Waals surface area contributed by atoms with Crippen LogP contribution in [0, 0.1) is 0 Å². The zero-order valence-electron chi connectivity index (χ0n) is 14.2. The molecule has 4 heteroatoms. The molecule has 0 fully saturated rings. The molecular weight excluding hydrogens is 314 g/mol. The smallest absolute Gasteiger partial charge is 0.198 e. The van der Waals surface area contributed by atoms with E-state index < -0.39 is 5.60 Å². The molecule has 0 saturated carbocycles. The van der Waals surface area contributed by atoms with Gasteiger partial charge in [-0.05, 0) is 37.5 Å². The number of anilines is 1. The molecule has 1 unspecified atom stereocenters. The van der Waals surface area contributed by atoms with Gasteiger partial charge in [0.2, 0.25) is 0 Å². The fourth-order valence-corrected chi connectivity index (χ4v) is 3.76. The summed E-state index contributed by atoms with van der Waals surface area (Å²) >= 11 is 0. The summed E-state index contributed by atoms with van der Waals surface area (Å²) in [5.41, 5.74) is 7.74.